The second-order valence-corrected chi connectivity index (χ2v) is 4.00. The van der Waals surface area contributed by atoms with E-state index in [4.69, 9.17) is 4.42 Å². The fourth-order valence-electron chi connectivity index (χ4n) is 2.04. The van der Waals surface area contributed by atoms with Gasteiger partial charge in [0.25, 0.3) is 0 Å². The van der Waals surface area contributed by atoms with E-state index in [2.05, 4.69) is 5.32 Å². The fraction of sp³-hybridized carbons (Fsp3) is 0.231. The van der Waals surface area contributed by atoms with Crippen molar-refractivity contribution in [2.24, 2.45) is 0 Å². The number of rotatable bonds is 1. The Morgan fingerprint density at radius 2 is 2.19 bits per heavy atom. The van der Waals surface area contributed by atoms with Crippen molar-refractivity contribution in [3.05, 3.63) is 47.5 Å². The van der Waals surface area contributed by atoms with E-state index in [0.717, 1.165) is 36.6 Å². The van der Waals surface area contributed by atoms with Gasteiger partial charge >= 0.3 is 0 Å². The lowest BCUT2D eigenvalue weighted by Gasteiger charge is -2.09. The molecule has 3 rings (SSSR count). The van der Waals surface area contributed by atoms with Crippen LogP contribution in [0.25, 0.3) is 11.3 Å². The van der Waals surface area contributed by atoms with Gasteiger partial charge in [-0.05, 0) is 36.7 Å². The molecule has 0 amide bonds. The van der Waals surface area contributed by atoms with Gasteiger partial charge in [0.05, 0.1) is 6.54 Å². The maximum absolute atomic E-state index is 13.1. The molecule has 1 aliphatic rings. The monoisotopic (exact) mass is 217 g/mol. The van der Waals surface area contributed by atoms with Crippen LogP contribution in [0.15, 0.2) is 34.7 Å². The van der Waals surface area contributed by atoms with Crippen LogP contribution in [0.2, 0.25) is 0 Å². The third kappa shape index (κ3) is 1.63. The lowest BCUT2D eigenvalue weighted by molar-refractivity contribution is 0.472. The van der Waals surface area contributed by atoms with E-state index in [1.165, 1.54) is 17.7 Å². The molecule has 1 aliphatic heterocycles. The van der Waals surface area contributed by atoms with Crippen LogP contribution in [-0.4, -0.2) is 6.54 Å². The molecular weight excluding hydrogens is 205 g/mol. The van der Waals surface area contributed by atoms with Crippen LogP contribution in [-0.2, 0) is 13.0 Å². The summed E-state index contributed by atoms with van der Waals surface area (Å²) >= 11 is 0. The largest absolute Gasteiger partial charge is 0.459 e. The molecule has 0 aliphatic carbocycles. The van der Waals surface area contributed by atoms with Crippen LogP contribution in [0, 0.1) is 5.82 Å². The average Bonchev–Trinajstić information content (AvgIpc) is 2.72. The second-order valence-electron chi connectivity index (χ2n) is 4.00. The molecular formula is C13H12FNO. The molecule has 0 saturated heterocycles. The van der Waals surface area contributed by atoms with Gasteiger partial charge in [-0.15, -0.1) is 0 Å². The smallest absolute Gasteiger partial charge is 0.134 e. The fourth-order valence-corrected chi connectivity index (χ4v) is 2.04. The van der Waals surface area contributed by atoms with Crippen LogP contribution in [0.1, 0.15) is 11.3 Å². The summed E-state index contributed by atoms with van der Waals surface area (Å²) in [4.78, 5) is 0. The van der Waals surface area contributed by atoms with Gasteiger partial charge < -0.3 is 9.73 Å². The Bertz CT molecular complexity index is 495. The van der Waals surface area contributed by atoms with Crippen LogP contribution in [0.3, 0.4) is 0 Å². The SMILES string of the molecule is Fc1cccc(-c2cc3c(o2)CNCC3)c1. The molecule has 0 saturated carbocycles. The normalized spacial score (nSPS) is 14.8. The zero-order chi connectivity index (χ0) is 11.0. The first-order valence-electron chi connectivity index (χ1n) is 5.41. The maximum atomic E-state index is 13.1. The molecule has 2 nitrogen and oxygen atoms in total. The molecule has 0 fully saturated rings. The standard InChI is InChI=1S/C13H12FNO/c14-11-3-1-2-9(6-11)12-7-10-4-5-15-8-13(10)16-12/h1-3,6-7,15H,4-5,8H2. The second kappa shape index (κ2) is 3.76. The van der Waals surface area contributed by atoms with E-state index in [0.29, 0.717) is 0 Å². The zero-order valence-electron chi connectivity index (χ0n) is 8.79. The summed E-state index contributed by atoms with van der Waals surface area (Å²) in [6.07, 6.45) is 0.980. The first kappa shape index (κ1) is 9.60. The molecule has 2 heterocycles. The molecule has 82 valence electrons. The molecule has 0 spiro atoms. The number of hydrogen-bond acceptors (Lipinski definition) is 2. The van der Waals surface area contributed by atoms with E-state index < -0.39 is 0 Å². The van der Waals surface area contributed by atoms with Crippen LogP contribution >= 0.6 is 0 Å². The number of furan rings is 1. The Hall–Kier alpha value is -1.61. The highest BCUT2D eigenvalue weighted by Gasteiger charge is 2.15. The Balaban J connectivity index is 2.03. The van der Waals surface area contributed by atoms with Crippen molar-refractivity contribution in [3.8, 4) is 11.3 Å². The third-order valence-electron chi connectivity index (χ3n) is 2.86. The van der Waals surface area contributed by atoms with Gasteiger partial charge in [-0.3, -0.25) is 0 Å². The third-order valence-corrected chi connectivity index (χ3v) is 2.86. The van der Waals surface area contributed by atoms with E-state index in [1.54, 1.807) is 6.07 Å². The maximum Gasteiger partial charge on any atom is 0.134 e. The van der Waals surface area contributed by atoms with Crippen molar-refractivity contribution in [1.29, 1.82) is 0 Å². The lowest BCUT2D eigenvalue weighted by atomic mass is 10.1. The molecule has 0 unspecified atom stereocenters. The van der Waals surface area contributed by atoms with Crippen LogP contribution in [0.4, 0.5) is 4.39 Å². The first-order valence-corrected chi connectivity index (χ1v) is 5.41. The summed E-state index contributed by atoms with van der Waals surface area (Å²) in [7, 11) is 0. The van der Waals surface area contributed by atoms with Crippen LogP contribution in [0.5, 0.6) is 0 Å². The summed E-state index contributed by atoms with van der Waals surface area (Å²) in [6, 6.07) is 8.52. The van der Waals surface area contributed by atoms with Gasteiger partial charge in [-0.2, -0.15) is 0 Å². The number of halogens is 1. The summed E-state index contributed by atoms with van der Waals surface area (Å²) < 4.78 is 18.8. The minimum atomic E-state index is -0.231. The number of nitrogens with one attached hydrogen (secondary N) is 1. The van der Waals surface area contributed by atoms with Gasteiger partial charge in [-0.1, -0.05) is 12.1 Å². The van der Waals surface area contributed by atoms with Crippen LogP contribution < -0.4 is 5.32 Å². The van der Waals surface area contributed by atoms with Gasteiger partial charge in [0.15, 0.2) is 0 Å². The molecule has 0 bridgehead atoms. The molecule has 3 heteroatoms. The van der Waals surface area contributed by atoms with E-state index >= 15 is 0 Å². The molecule has 0 radical (unpaired) electrons. The molecule has 1 N–H and O–H groups in total. The first-order chi connectivity index (χ1) is 7.83. The molecule has 16 heavy (non-hydrogen) atoms. The predicted octanol–water partition coefficient (Wildman–Crippen LogP) is 2.73. The van der Waals surface area contributed by atoms with Gasteiger partial charge in [0, 0.05) is 5.56 Å². The van der Waals surface area contributed by atoms with Gasteiger partial charge in [0.1, 0.15) is 17.3 Å². The van der Waals surface area contributed by atoms with E-state index in [9.17, 15) is 4.39 Å². The Kier molecular flexibility index (Phi) is 2.26. The highest BCUT2D eigenvalue weighted by atomic mass is 19.1. The van der Waals surface area contributed by atoms with Crippen molar-refractivity contribution in [3.63, 3.8) is 0 Å². The highest BCUT2D eigenvalue weighted by molar-refractivity contribution is 5.59. The van der Waals surface area contributed by atoms with Crippen molar-refractivity contribution in [2.75, 3.05) is 6.54 Å². The van der Waals surface area contributed by atoms with Crippen molar-refractivity contribution >= 4 is 0 Å². The lowest BCUT2D eigenvalue weighted by Crippen LogP contribution is -2.22. The number of hydrogen-bond donors (Lipinski definition) is 1. The Morgan fingerprint density at radius 3 is 3.00 bits per heavy atom. The molecule has 1 aromatic carbocycles. The quantitative estimate of drug-likeness (QED) is 0.794. The Labute approximate surface area is 93.1 Å². The predicted molar refractivity (Wildman–Crippen MR) is 59.5 cm³/mol. The van der Waals surface area contributed by atoms with Gasteiger partial charge in [-0.25, -0.2) is 4.39 Å². The Morgan fingerprint density at radius 1 is 1.25 bits per heavy atom. The van der Waals surface area contributed by atoms with Crippen molar-refractivity contribution in [1.82, 2.24) is 5.32 Å². The minimum absolute atomic E-state index is 0.231. The minimum Gasteiger partial charge on any atom is -0.459 e. The summed E-state index contributed by atoms with van der Waals surface area (Å²) in [5.41, 5.74) is 2.03. The topological polar surface area (TPSA) is 25.2 Å². The highest BCUT2D eigenvalue weighted by Crippen LogP contribution is 2.27. The summed E-state index contributed by atoms with van der Waals surface area (Å²) in [6.45, 7) is 1.75. The van der Waals surface area contributed by atoms with Gasteiger partial charge in [0.2, 0.25) is 0 Å². The van der Waals surface area contributed by atoms with Crippen molar-refractivity contribution < 1.29 is 8.81 Å². The molecule has 2 aromatic rings. The van der Waals surface area contributed by atoms with E-state index in [-0.39, 0.29) is 5.82 Å². The summed E-state index contributed by atoms with van der Waals surface area (Å²) in [5, 5.41) is 3.25. The summed E-state index contributed by atoms with van der Waals surface area (Å²) in [5.74, 6) is 1.50. The van der Waals surface area contributed by atoms with Crippen molar-refractivity contribution in [2.45, 2.75) is 13.0 Å². The number of benzene rings is 1. The zero-order valence-corrected chi connectivity index (χ0v) is 8.79. The van der Waals surface area contributed by atoms with E-state index in [1.807, 2.05) is 12.1 Å². The molecule has 0 atom stereocenters. The molecule has 1 aromatic heterocycles. The average molecular weight is 217 g/mol. The number of fused-ring (bicyclic) bond motifs is 1.